The van der Waals surface area contributed by atoms with Crippen molar-refractivity contribution in [2.75, 3.05) is 6.61 Å². The fraction of sp³-hybridized carbons (Fsp3) is 0.150. The summed E-state index contributed by atoms with van der Waals surface area (Å²) < 4.78 is 5.92. The molecule has 2 N–H and O–H groups in total. The number of carbonyl (C=O) groups excluding carboxylic acids is 1. The zero-order valence-corrected chi connectivity index (χ0v) is 16.1. The molecule has 0 heterocycles. The number of carboxylic acid groups (broad SMARTS) is 1. The summed E-state index contributed by atoms with van der Waals surface area (Å²) in [4.78, 5) is 23.2. The van der Waals surface area contributed by atoms with Gasteiger partial charge < -0.3 is 15.2 Å². The number of rotatable bonds is 7. The first-order valence-corrected chi connectivity index (χ1v) is 8.81. The number of hydrogen-bond acceptors (Lipinski definition) is 4. The van der Waals surface area contributed by atoms with Crippen LogP contribution in [0.25, 0.3) is 6.08 Å². The number of ether oxygens (including phenoxy) is 1. The van der Waals surface area contributed by atoms with Gasteiger partial charge in [-0.1, -0.05) is 46.3 Å². The third-order valence-corrected chi connectivity index (χ3v) is 4.13. The van der Waals surface area contributed by atoms with Gasteiger partial charge in [0.1, 0.15) is 17.4 Å². The van der Waals surface area contributed by atoms with Crippen LogP contribution in [0.5, 0.6) is 5.75 Å². The van der Waals surface area contributed by atoms with Gasteiger partial charge in [0.25, 0.3) is 5.91 Å². The highest BCUT2D eigenvalue weighted by Crippen LogP contribution is 2.26. The molecule has 0 fully saturated rings. The Hall–Kier alpha value is -3.11. The second-order valence-electron chi connectivity index (χ2n) is 5.64. The Labute approximate surface area is 165 Å². The Morgan fingerprint density at radius 2 is 2.00 bits per heavy atom. The van der Waals surface area contributed by atoms with E-state index >= 15 is 0 Å². The number of hydrogen-bond donors (Lipinski definition) is 2. The minimum Gasteiger partial charge on any atom is -0.481 e. The maximum atomic E-state index is 12.5. The van der Waals surface area contributed by atoms with Crippen molar-refractivity contribution in [1.82, 2.24) is 5.32 Å². The van der Waals surface area contributed by atoms with Crippen LogP contribution in [0.15, 0.2) is 58.6 Å². The van der Waals surface area contributed by atoms with Crippen molar-refractivity contribution in [3.8, 4) is 11.8 Å². The van der Waals surface area contributed by atoms with Crippen LogP contribution in [0, 0.1) is 11.3 Å². The molecular weight excluding hydrogens is 412 g/mol. The van der Waals surface area contributed by atoms with Gasteiger partial charge in [0, 0.05) is 10.0 Å². The predicted molar refractivity (Wildman–Crippen MR) is 104 cm³/mol. The van der Waals surface area contributed by atoms with E-state index in [4.69, 9.17) is 9.84 Å². The molecule has 0 saturated carbocycles. The molecule has 1 amide bonds. The van der Waals surface area contributed by atoms with E-state index in [0.29, 0.717) is 10.0 Å². The molecule has 0 bridgehead atoms. The van der Waals surface area contributed by atoms with Gasteiger partial charge in [-0.2, -0.15) is 5.26 Å². The Balaban J connectivity index is 2.24. The van der Waals surface area contributed by atoms with E-state index in [1.165, 1.54) is 6.08 Å². The molecule has 0 aliphatic rings. The topological polar surface area (TPSA) is 99.4 Å². The van der Waals surface area contributed by atoms with E-state index in [-0.39, 0.29) is 17.4 Å². The highest BCUT2D eigenvalue weighted by molar-refractivity contribution is 9.10. The van der Waals surface area contributed by atoms with E-state index in [1.807, 2.05) is 43.3 Å². The SMILES string of the molecule is C[C@H](NC(=O)/C(C#N)=C\c1cc(Br)ccc1OCC(=O)O)c1ccccc1. The molecule has 0 spiro atoms. The number of nitriles is 1. The molecule has 138 valence electrons. The van der Waals surface area contributed by atoms with Crippen molar-refractivity contribution in [2.24, 2.45) is 0 Å². The van der Waals surface area contributed by atoms with Crippen molar-refractivity contribution in [2.45, 2.75) is 13.0 Å². The Morgan fingerprint density at radius 1 is 1.30 bits per heavy atom. The molecule has 0 radical (unpaired) electrons. The molecule has 7 heteroatoms. The van der Waals surface area contributed by atoms with Crippen molar-refractivity contribution < 1.29 is 19.4 Å². The lowest BCUT2D eigenvalue weighted by Crippen LogP contribution is -2.27. The lowest BCUT2D eigenvalue weighted by atomic mass is 10.1. The first kappa shape index (κ1) is 20.2. The summed E-state index contributed by atoms with van der Waals surface area (Å²) in [6.07, 6.45) is 1.37. The molecule has 0 aromatic heterocycles. The smallest absolute Gasteiger partial charge is 0.341 e. The fourth-order valence-electron chi connectivity index (χ4n) is 2.31. The van der Waals surface area contributed by atoms with Crippen molar-refractivity contribution in [3.63, 3.8) is 0 Å². The second-order valence-corrected chi connectivity index (χ2v) is 6.56. The minimum atomic E-state index is -1.12. The van der Waals surface area contributed by atoms with Crippen LogP contribution in [0.3, 0.4) is 0 Å². The van der Waals surface area contributed by atoms with Crippen molar-refractivity contribution in [3.05, 3.63) is 69.7 Å². The highest BCUT2D eigenvalue weighted by Gasteiger charge is 2.15. The molecule has 27 heavy (non-hydrogen) atoms. The molecule has 2 aromatic rings. The summed E-state index contributed by atoms with van der Waals surface area (Å²) in [5, 5.41) is 20.9. The Kier molecular flexibility index (Phi) is 7.15. The third-order valence-electron chi connectivity index (χ3n) is 3.64. The van der Waals surface area contributed by atoms with Crippen LogP contribution in [0.4, 0.5) is 0 Å². The first-order valence-electron chi connectivity index (χ1n) is 8.02. The molecular formula is C20H17BrN2O4. The normalized spacial score (nSPS) is 12.0. The summed E-state index contributed by atoms with van der Waals surface area (Å²) >= 11 is 3.31. The highest BCUT2D eigenvalue weighted by atomic mass is 79.9. The van der Waals surface area contributed by atoms with E-state index in [2.05, 4.69) is 21.2 Å². The lowest BCUT2D eigenvalue weighted by Gasteiger charge is -2.14. The molecule has 0 aliphatic carbocycles. The van der Waals surface area contributed by atoms with Gasteiger partial charge in [-0.15, -0.1) is 0 Å². The summed E-state index contributed by atoms with van der Waals surface area (Å²) in [5.74, 6) is -1.39. The number of nitrogens with one attached hydrogen (secondary N) is 1. The number of benzene rings is 2. The molecule has 2 rings (SSSR count). The van der Waals surface area contributed by atoms with Crippen LogP contribution in [-0.2, 0) is 9.59 Å². The van der Waals surface area contributed by atoms with E-state index in [0.717, 1.165) is 5.56 Å². The van der Waals surface area contributed by atoms with Crippen LogP contribution in [-0.4, -0.2) is 23.6 Å². The van der Waals surface area contributed by atoms with Crippen LogP contribution >= 0.6 is 15.9 Å². The maximum Gasteiger partial charge on any atom is 0.341 e. The molecule has 6 nitrogen and oxygen atoms in total. The van der Waals surface area contributed by atoms with Gasteiger partial charge in [-0.3, -0.25) is 4.79 Å². The quantitative estimate of drug-likeness (QED) is 0.517. The average molecular weight is 429 g/mol. The summed E-state index contributed by atoms with van der Waals surface area (Å²) in [5.41, 5.74) is 1.22. The number of amides is 1. The van der Waals surface area contributed by atoms with E-state index < -0.39 is 18.5 Å². The zero-order valence-electron chi connectivity index (χ0n) is 14.5. The van der Waals surface area contributed by atoms with Crippen molar-refractivity contribution >= 4 is 33.9 Å². The molecule has 0 aliphatic heterocycles. The maximum absolute atomic E-state index is 12.5. The summed E-state index contributed by atoms with van der Waals surface area (Å²) in [6, 6.07) is 15.9. The standard InChI is InChI=1S/C20H17BrN2O4/c1-13(14-5-3-2-4-6-14)23-20(26)16(11-22)9-15-10-17(21)7-8-18(15)27-12-19(24)25/h2-10,13H,12H2,1H3,(H,23,26)(H,24,25)/b16-9-/t13-/m0/s1. The predicted octanol–water partition coefficient (Wildman–Crippen LogP) is 3.70. The number of halogens is 1. The van der Waals surface area contributed by atoms with E-state index in [1.54, 1.807) is 18.2 Å². The number of carboxylic acids is 1. The lowest BCUT2D eigenvalue weighted by molar-refractivity contribution is -0.139. The monoisotopic (exact) mass is 428 g/mol. The third kappa shape index (κ3) is 5.97. The fourth-order valence-corrected chi connectivity index (χ4v) is 2.69. The molecule has 2 aromatic carbocycles. The van der Waals surface area contributed by atoms with Gasteiger partial charge in [0.2, 0.25) is 0 Å². The number of carbonyl (C=O) groups is 2. The summed E-state index contributed by atoms with van der Waals surface area (Å²) in [6.45, 7) is 1.30. The van der Waals surface area contributed by atoms with Crippen molar-refractivity contribution in [1.29, 1.82) is 5.26 Å². The first-order chi connectivity index (χ1) is 12.9. The van der Waals surface area contributed by atoms with Gasteiger partial charge >= 0.3 is 5.97 Å². The minimum absolute atomic E-state index is 0.115. The Bertz CT molecular complexity index is 904. The van der Waals surface area contributed by atoms with Gasteiger partial charge in [0.05, 0.1) is 6.04 Å². The molecule has 0 saturated heterocycles. The molecule has 0 unspecified atom stereocenters. The van der Waals surface area contributed by atoms with E-state index in [9.17, 15) is 14.9 Å². The Morgan fingerprint density at radius 3 is 2.63 bits per heavy atom. The van der Waals surface area contributed by atoms with Gasteiger partial charge in [-0.25, -0.2) is 4.79 Å². The summed E-state index contributed by atoms with van der Waals surface area (Å²) in [7, 11) is 0. The van der Waals surface area contributed by atoms with Crippen LogP contribution < -0.4 is 10.1 Å². The largest absolute Gasteiger partial charge is 0.481 e. The van der Waals surface area contributed by atoms with Crippen LogP contribution in [0.1, 0.15) is 24.1 Å². The van der Waals surface area contributed by atoms with Gasteiger partial charge in [-0.05, 0) is 36.8 Å². The number of aliphatic carboxylic acids is 1. The number of nitrogens with zero attached hydrogens (tertiary/aromatic N) is 1. The average Bonchev–Trinajstić information content (AvgIpc) is 2.65. The molecule has 1 atom stereocenters. The zero-order chi connectivity index (χ0) is 19.8. The second kappa shape index (κ2) is 9.55. The van der Waals surface area contributed by atoms with Gasteiger partial charge in [0.15, 0.2) is 6.61 Å². The van der Waals surface area contributed by atoms with Crippen LogP contribution in [0.2, 0.25) is 0 Å².